The van der Waals surface area contributed by atoms with Crippen LogP contribution < -0.4 is 0 Å². The quantitative estimate of drug-likeness (QED) is 0.660. The molecule has 3 heteroatoms. The molecule has 1 aliphatic carbocycles. The summed E-state index contributed by atoms with van der Waals surface area (Å²) in [6.45, 7) is 10.5. The lowest BCUT2D eigenvalue weighted by atomic mass is 9.78. The second-order valence-electron chi connectivity index (χ2n) is 9.61. The van der Waals surface area contributed by atoms with Crippen LogP contribution in [0, 0.1) is 6.92 Å². The van der Waals surface area contributed by atoms with E-state index in [1.807, 2.05) is 13.1 Å². The smallest absolute Gasteiger partial charge is 0.188 e. The standard InChI is InChI=1S/C24H34O2Si/c1-18-10-6-7-11-19(18)16-22-21-13-9-8-12-20(21)17-24(22,25)15-14-23(2,3)27(4,5)26/h6-13,22,25-26H,14-17H2,1-5H3/t22-,24-/m0/s1. The number of fused-ring (bicyclic) bond motifs is 1. The Kier molecular flexibility index (Phi) is 5.41. The Bertz CT molecular complexity index is 806. The SMILES string of the molecule is Cc1ccccc1C[C@H]1c2ccccc2C[C@@]1(O)CCC(C)(C)[Si](C)(C)O. The molecule has 146 valence electrons. The molecule has 0 fully saturated rings. The van der Waals surface area contributed by atoms with E-state index >= 15 is 0 Å². The van der Waals surface area contributed by atoms with E-state index in [1.165, 1.54) is 22.3 Å². The molecule has 0 spiro atoms. The summed E-state index contributed by atoms with van der Waals surface area (Å²) in [5.41, 5.74) is 4.42. The molecule has 2 atom stereocenters. The van der Waals surface area contributed by atoms with Gasteiger partial charge in [0.05, 0.1) is 5.60 Å². The Morgan fingerprint density at radius 3 is 2.37 bits per heavy atom. The number of aryl methyl sites for hydroxylation is 1. The lowest BCUT2D eigenvalue weighted by Crippen LogP contribution is -2.42. The Morgan fingerprint density at radius 1 is 1.07 bits per heavy atom. The van der Waals surface area contributed by atoms with Crippen LogP contribution in [0.5, 0.6) is 0 Å². The highest BCUT2D eigenvalue weighted by atomic mass is 28.4. The molecule has 2 aromatic rings. The Morgan fingerprint density at radius 2 is 1.70 bits per heavy atom. The molecule has 0 amide bonds. The fourth-order valence-electron chi connectivity index (χ4n) is 4.23. The molecule has 27 heavy (non-hydrogen) atoms. The van der Waals surface area contributed by atoms with Crippen molar-refractivity contribution >= 4 is 8.32 Å². The maximum absolute atomic E-state index is 11.8. The highest BCUT2D eigenvalue weighted by Crippen LogP contribution is 2.49. The summed E-state index contributed by atoms with van der Waals surface area (Å²) in [6, 6.07) is 17.0. The predicted octanol–water partition coefficient (Wildman–Crippen LogP) is 5.37. The third-order valence-corrected chi connectivity index (χ3v) is 10.7. The lowest BCUT2D eigenvalue weighted by molar-refractivity contribution is 0.0103. The van der Waals surface area contributed by atoms with Crippen LogP contribution in [0.3, 0.4) is 0 Å². The largest absolute Gasteiger partial charge is 0.432 e. The van der Waals surface area contributed by atoms with Gasteiger partial charge in [-0.3, -0.25) is 0 Å². The molecule has 0 radical (unpaired) electrons. The first kappa shape index (κ1) is 20.3. The summed E-state index contributed by atoms with van der Waals surface area (Å²) < 4.78 is 0. The first-order chi connectivity index (χ1) is 12.5. The van der Waals surface area contributed by atoms with Gasteiger partial charge in [0.25, 0.3) is 0 Å². The number of aliphatic hydroxyl groups is 1. The Balaban J connectivity index is 1.90. The van der Waals surface area contributed by atoms with E-state index in [1.54, 1.807) is 0 Å². The monoisotopic (exact) mass is 382 g/mol. The van der Waals surface area contributed by atoms with Crippen molar-refractivity contribution in [2.24, 2.45) is 0 Å². The van der Waals surface area contributed by atoms with Gasteiger partial charge in [-0.15, -0.1) is 0 Å². The molecule has 0 saturated heterocycles. The number of hydrogen-bond acceptors (Lipinski definition) is 2. The maximum atomic E-state index is 11.8. The molecule has 0 bridgehead atoms. The first-order valence-corrected chi connectivity index (χ1v) is 13.1. The average molecular weight is 383 g/mol. The van der Waals surface area contributed by atoms with Gasteiger partial charge in [0.2, 0.25) is 0 Å². The molecule has 1 aliphatic rings. The van der Waals surface area contributed by atoms with Crippen molar-refractivity contribution in [2.45, 2.75) is 76.1 Å². The molecule has 0 saturated carbocycles. The van der Waals surface area contributed by atoms with Gasteiger partial charge in [0, 0.05) is 12.3 Å². The second kappa shape index (κ2) is 7.19. The van der Waals surface area contributed by atoms with Crippen LogP contribution in [0.1, 0.15) is 54.9 Å². The Labute approximate surface area is 165 Å². The molecular formula is C24H34O2Si. The van der Waals surface area contributed by atoms with Crippen LogP contribution >= 0.6 is 0 Å². The molecule has 2 aromatic carbocycles. The Hall–Kier alpha value is -1.42. The van der Waals surface area contributed by atoms with Crippen molar-refractivity contribution in [3.8, 4) is 0 Å². The van der Waals surface area contributed by atoms with Gasteiger partial charge in [0.1, 0.15) is 0 Å². The summed E-state index contributed by atoms with van der Waals surface area (Å²) in [6.07, 6.45) is 3.14. The summed E-state index contributed by atoms with van der Waals surface area (Å²) in [5, 5.41) is 11.7. The lowest BCUT2D eigenvalue weighted by Gasteiger charge is -2.39. The fraction of sp³-hybridized carbons (Fsp3) is 0.500. The first-order valence-electron chi connectivity index (χ1n) is 10.1. The van der Waals surface area contributed by atoms with Crippen molar-refractivity contribution < 1.29 is 9.90 Å². The van der Waals surface area contributed by atoms with Crippen LogP contribution in [-0.4, -0.2) is 23.8 Å². The third-order valence-electron chi connectivity index (χ3n) is 7.10. The maximum Gasteiger partial charge on any atom is 0.188 e. The van der Waals surface area contributed by atoms with Gasteiger partial charge in [-0.2, -0.15) is 0 Å². The normalized spacial score (nSPS) is 22.7. The van der Waals surface area contributed by atoms with Crippen molar-refractivity contribution in [3.63, 3.8) is 0 Å². The number of rotatable bonds is 6. The summed E-state index contributed by atoms with van der Waals surface area (Å²) in [5.74, 6) is 0.106. The van der Waals surface area contributed by atoms with Crippen LogP contribution in [0.25, 0.3) is 0 Å². The molecule has 0 aliphatic heterocycles. The van der Waals surface area contributed by atoms with E-state index < -0.39 is 13.9 Å². The van der Waals surface area contributed by atoms with E-state index in [4.69, 9.17) is 0 Å². The van der Waals surface area contributed by atoms with Crippen molar-refractivity contribution in [1.82, 2.24) is 0 Å². The molecule has 0 heterocycles. The number of hydrogen-bond donors (Lipinski definition) is 2. The zero-order chi connectivity index (χ0) is 19.9. The van der Waals surface area contributed by atoms with Gasteiger partial charge >= 0.3 is 0 Å². The average Bonchev–Trinajstić information content (AvgIpc) is 2.87. The van der Waals surface area contributed by atoms with Gasteiger partial charge in [-0.05, 0) is 66.6 Å². The van der Waals surface area contributed by atoms with E-state index in [9.17, 15) is 9.90 Å². The van der Waals surface area contributed by atoms with E-state index in [0.29, 0.717) is 6.42 Å². The van der Waals surface area contributed by atoms with Crippen LogP contribution in [0.15, 0.2) is 48.5 Å². The minimum Gasteiger partial charge on any atom is -0.432 e. The molecule has 2 nitrogen and oxygen atoms in total. The third kappa shape index (κ3) is 4.06. The topological polar surface area (TPSA) is 40.5 Å². The fourth-order valence-corrected chi connectivity index (χ4v) is 4.97. The second-order valence-corrected chi connectivity index (χ2v) is 14.1. The molecular weight excluding hydrogens is 348 g/mol. The molecule has 0 aromatic heterocycles. The molecule has 2 N–H and O–H groups in total. The van der Waals surface area contributed by atoms with Crippen LogP contribution in [-0.2, 0) is 12.8 Å². The predicted molar refractivity (Wildman–Crippen MR) is 116 cm³/mol. The van der Waals surface area contributed by atoms with Gasteiger partial charge in [-0.25, -0.2) is 0 Å². The minimum atomic E-state index is -2.29. The van der Waals surface area contributed by atoms with Crippen molar-refractivity contribution in [3.05, 3.63) is 70.8 Å². The number of benzene rings is 2. The molecule has 0 unspecified atom stereocenters. The van der Waals surface area contributed by atoms with Gasteiger partial charge < -0.3 is 9.90 Å². The molecule has 3 rings (SSSR count). The summed E-state index contributed by atoms with van der Waals surface area (Å²) in [7, 11) is -2.29. The highest BCUT2D eigenvalue weighted by molar-refractivity contribution is 6.72. The van der Waals surface area contributed by atoms with Gasteiger partial charge in [-0.1, -0.05) is 62.4 Å². The zero-order valence-corrected chi connectivity index (χ0v) is 18.4. The van der Waals surface area contributed by atoms with Crippen molar-refractivity contribution in [2.75, 3.05) is 0 Å². The highest BCUT2D eigenvalue weighted by Gasteiger charge is 2.47. The van der Waals surface area contributed by atoms with Crippen LogP contribution in [0.2, 0.25) is 18.1 Å². The summed E-state index contributed by atoms with van der Waals surface area (Å²) >= 11 is 0. The summed E-state index contributed by atoms with van der Waals surface area (Å²) in [4.78, 5) is 10.7. The van der Waals surface area contributed by atoms with Gasteiger partial charge in [0.15, 0.2) is 8.32 Å². The van der Waals surface area contributed by atoms with Crippen molar-refractivity contribution in [1.29, 1.82) is 0 Å². The van der Waals surface area contributed by atoms with E-state index in [0.717, 1.165) is 19.3 Å². The van der Waals surface area contributed by atoms with E-state index in [-0.39, 0.29) is 11.0 Å². The zero-order valence-electron chi connectivity index (χ0n) is 17.4. The van der Waals surface area contributed by atoms with E-state index in [2.05, 4.69) is 69.3 Å². The van der Waals surface area contributed by atoms with Crippen LogP contribution in [0.4, 0.5) is 0 Å². The minimum absolute atomic E-state index is 0.106.